The fourth-order valence-corrected chi connectivity index (χ4v) is 1.69. The van der Waals surface area contributed by atoms with Crippen LogP contribution in [0.25, 0.3) is 0 Å². The van der Waals surface area contributed by atoms with E-state index in [1.165, 1.54) is 11.8 Å². The van der Waals surface area contributed by atoms with E-state index in [1.807, 2.05) is 13.8 Å². The molecule has 4 heteroatoms. The first-order valence-corrected chi connectivity index (χ1v) is 5.65. The molecule has 0 amide bonds. The minimum Gasteiger partial charge on any atom is -0.293 e. The number of carbonyl (C=O) groups is 1. The van der Waals surface area contributed by atoms with Crippen molar-refractivity contribution < 1.29 is 13.6 Å². The van der Waals surface area contributed by atoms with Gasteiger partial charge in [-0.15, -0.1) is 0 Å². The van der Waals surface area contributed by atoms with Gasteiger partial charge in [-0.2, -0.15) is 11.8 Å². The highest BCUT2D eigenvalue weighted by atomic mass is 32.2. The van der Waals surface area contributed by atoms with Gasteiger partial charge in [-0.05, 0) is 17.4 Å². The van der Waals surface area contributed by atoms with E-state index in [2.05, 4.69) is 0 Å². The van der Waals surface area contributed by atoms with Crippen LogP contribution in [-0.4, -0.2) is 16.8 Å². The predicted molar refractivity (Wildman–Crippen MR) is 58.3 cm³/mol. The van der Waals surface area contributed by atoms with Crippen molar-refractivity contribution in [2.24, 2.45) is 0 Å². The van der Waals surface area contributed by atoms with E-state index in [-0.39, 0.29) is 17.1 Å². The Morgan fingerprint density at radius 1 is 1.27 bits per heavy atom. The van der Waals surface area contributed by atoms with E-state index < -0.39 is 11.6 Å². The molecule has 0 atom stereocenters. The molecule has 82 valence electrons. The zero-order valence-electron chi connectivity index (χ0n) is 8.59. The summed E-state index contributed by atoms with van der Waals surface area (Å²) in [5.41, 5.74) is 0.0978. The number of benzene rings is 1. The van der Waals surface area contributed by atoms with Gasteiger partial charge in [0.2, 0.25) is 0 Å². The lowest BCUT2D eigenvalue weighted by atomic mass is 10.1. The number of rotatable bonds is 4. The molecule has 0 radical (unpaired) electrons. The van der Waals surface area contributed by atoms with Gasteiger partial charge in [0.1, 0.15) is 11.6 Å². The van der Waals surface area contributed by atoms with Crippen LogP contribution in [0.4, 0.5) is 8.78 Å². The van der Waals surface area contributed by atoms with Gasteiger partial charge in [-0.25, -0.2) is 8.78 Å². The lowest BCUT2D eigenvalue weighted by Crippen LogP contribution is -2.05. The molecule has 0 fully saturated rings. The van der Waals surface area contributed by atoms with Crippen LogP contribution in [-0.2, 0) is 0 Å². The molecule has 0 aliphatic rings. The monoisotopic (exact) mass is 230 g/mol. The Bertz CT molecular complexity index is 343. The van der Waals surface area contributed by atoms with Gasteiger partial charge >= 0.3 is 0 Å². The van der Waals surface area contributed by atoms with Crippen molar-refractivity contribution in [2.45, 2.75) is 19.1 Å². The van der Waals surface area contributed by atoms with Crippen LogP contribution in [0, 0.1) is 11.6 Å². The summed E-state index contributed by atoms with van der Waals surface area (Å²) in [6, 6.07) is 2.88. The number of thioether (sulfide) groups is 1. The highest BCUT2D eigenvalue weighted by molar-refractivity contribution is 8.00. The van der Waals surface area contributed by atoms with Gasteiger partial charge in [0.25, 0.3) is 0 Å². The van der Waals surface area contributed by atoms with Crippen molar-refractivity contribution in [3.8, 4) is 0 Å². The zero-order chi connectivity index (χ0) is 11.4. The Labute approximate surface area is 91.9 Å². The molecule has 0 aliphatic heterocycles. The molecule has 0 saturated heterocycles. The topological polar surface area (TPSA) is 17.1 Å². The first kappa shape index (κ1) is 12.2. The number of hydrogen-bond donors (Lipinski definition) is 0. The average molecular weight is 230 g/mol. The van der Waals surface area contributed by atoms with E-state index in [9.17, 15) is 13.6 Å². The molecule has 0 aliphatic carbocycles. The summed E-state index contributed by atoms with van der Waals surface area (Å²) in [4.78, 5) is 11.5. The van der Waals surface area contributed by atoms with Crippen LogP contribution in [0.5, 0.6) is 0 Å². The summed E-state index contributed by atoms with van der Waals surface area (Å²) < 4.78 is 25.6. The number of Topliss-reactive ketones (excluding diaryl/α,β-unsaturated/α-hetero) is 1. The predicted octanol–water partition coefficient (Wildman–Crippen LogP) is 3.29. The van der Waals surface area contributed by atoms with Crippen molar-refractivity contribution in [3.05, 3.63) is 35.4 Å². The normalized spacial score (nSPS) is 10.7. The Morgan fingerprint density at radius 3 is 2.27 bits per heavy atom. The summed E-state index contributed by atoms with van der Waals surface area (Å²) in [6.07, 6.45) is 0. The molecule has 1 nitrogen and oxygen atoms in total. The second-order valence-corrected chi connectivity index (χ2v) is 5.01. The van der Waals surface area contributed by atoms with Crippen LogP contribution in [0.3, 0.4) is 0 Å². The van der Waals surface area contributed by atoms with Crippen molar-refractivity contribution in [1.29, 1.82) is 0 Å². The van der Waals surface area contributed by atoms with Crippen LogP contribution < -0.4 is 0 Å². The fourth-order valence-electron chi connectivity index (χ4n) is 1.04. The fraction of sp³-hybridized carbons (Fsp3) is 0.364. The van der Waals surface area contributed by atoms with Gasteiger partial charge in [-0.1, -0.05) is 13.8 Å². The number of halogens is 2. The molecule has 0 bridgehead atoms. The summed E-state index contributed by atoms with van der Waals surface area (Å²) in [7, 11) is 0. The summed E-state index contributed by atoms with van der Waals surface area (Å²) in [6.45, 7) is 3.92. The standard InChI is InChI=1S/C11H12F2OS/c1-7(2)15-6-11(14)8-3-9(12)5-10(13)4-8/h3-5,7H,6H2,1-2H3. The second-order valence-electron chi connectivity index (χ2n) is 3.44. The first-order valence-electron chi connectivity index (χ1n) is 4.60. The molecular formula is C11H12F2OS. The third-order valence-electron chi connectivity index (χ3n) is 1.73. The Kier molecular flexibility index (Phi) is 4.27. The summed E-state index contributed by atoms with van der Waals surface area (Å²) in [5.74, 6) is -1.42. The van der Waals surface area contributed by atoms with E-state index in [0.717, 1.165) is 18.2 Å². The highest BCUT2D eigenvalue weighted by Gasteiger charge is 2.10. The largest absolute Gasteiger partial charge is 0.293 e. The minimum atomic E-state index is -0.715. The minimum absolute atomic E-state index is 0.0978. The van der Waals surface area contributed by atoms with Crippen LogP contribution in [0.1, 0.15) is 24.2 Å². The van der Waals surface area contributed by atoms with Crippen LogP contribution in [0.15, 0.2) is 18.2 Å². The van der Waals surface area contributed by atoms with Crippen molar-refractivity contribution >= 4 is 17.5 Å². The Balaban J connectivity index is 2.73. The van der Waals surface area contributed by atoms with E-state index in [0.29, 0.717) is 5.25 Å². The molecule has 1 aromatic carbocycles. The third kappa shape index (κ3) is 4.00. The maximum absolute atomic E-state index is 12.8. The van der Waals surface area contributed by atoms with Crippen molar-refractivity contribution in [3.63, 3.8) is 0 Å². The van der Waals surface area contributed by atoms with Gasteiger partial charge in [0.05, 0.1) is 5.75 Å². The summed E-state index contributed by atoms with van der Waals surface area (Å²) in [5, 5.41) is 0.326. The highest BCUT2D eigenvalue weighted by Crippen LogP contribution is 2.14. The van der Waals surface area contributed by atoms with Crippen LogP contribution >= 0.6 is 11.8 Å². The molecule has 0 spiro atoms. The smallest absolute Gasteiger partial charge is 0.172 e. The quantitative estimate of drug-likeness (QED) is 0.738. The van der Waals surface area contributed by atoms with E-state index in [1.54, 1.807) is 0 Å². The molecular weight excluding hydrogens is 218 g/mol. The van der Waals surface area contributed by atoms with E-state index >= 15 is 0 Å². The zero-order valence-corrected chi connectivity index (χ0v) is 9.41. The van der Waals surface area contributed by atoms with Gasteiger partial charge < -0.3 is 0 Å². The molecule has 1 aromatic rings. The number of hydrogen-bond acceptors (Lipinski definition) is 2. The van der Waals surface area contributed by atoms with Gasteiger partial charge in [0, 0.05) is 11.6 Å². The number of carbonyl (C=O) groups excluding carboxylic acids is 1. The first-order chi connectivity index (χ1) is 6.99. The Hall–Kier alpha value is -0.900. The maximum atomic E-state index is 12.8. The molecule has 1 rings (SSSR count). The molecule has 0 N–H and O–H groups in total. The maximum Gasteiger partial charge on any atom is 0.172 e. The number of ketones is 1. The van der Waals surface area contributed by atoms with Crippen LogP contribution in [0.2, 0.25) is 0 Å². The lowest BCUT2D eigenvalue weighted by molar-refractivity contribution is 0.102. The van der Waals surface area contributed by atoms with Gasteiger partial charge in [0.15, 0.2) is 5.78 Å². The van der Waals surface area contributed by atoms with E-state index in [4.69, 9.17) is 0 Å². The summed E-state index contributed by atoms with van der Waals surface area (Å²) >= 11 is 1.45. The lowest BCUT2D eigenvalue weighted by Gasteiger charge is -2.04. The van der Waals surface area contributed by atoms with Gasteiger partial charge in [-0.3, -0.25) is 4.79 Å². The molecule has 0 unspecified atom stereocenters. The molecule has 0 aromatic heterocycles. The second kappa shape index (κ2) is 5.26. The molecule has 0 heterocycles. The molecule has 15 heavy (non-hydrogen) atoms. The third-order valence-corrected chi connectivity index (χ3v) is 2.83. The SMILES string of the molecule is CC(C)SCC(=O)c1cc(F)cc(F)c1. The Morgan fingerprint density at radius 2 is 1.80 bits per heavy atom. The van der Waals surface area contributed by atoms with Crippen molar-refractivity contribution in [1.82, 2.24) is 0 Å². The average Bonchev–Trinajstić information content (AvgIpc) is 2.12. The van der Waals surface area contributed by atoms with Crippen molar-refractivity contribution in [2.75, 3.05) is 5.75 Å². The molecule has 0 saturated carbocycles.